The third-order valence-corrected chi connectivity index (χ3v) is 9.44. The van der Waals surface area contributed by atoms with Crippen LogP contribution in [0.2, 0.25) is 0 Å². The second-order valence-electron chi connectivity index (χ2n) is 5.19. The number of ether oxygens (including phenoxy) is 1. The van der Waals surface area contributed by atoms with E-state index in [1.165, 1.54) is 0 Å². The average Bonchev–Trinajstić information content (AvgIpc) is 2.98. The molecule has 0 radical (unpaired) electrons. The molecule has 2 bridgehead atoms. The summed E-state index contributed by atoms with van der Waals surface area (Å²) in [5.74, 6) is -0.457. The fraction of sp³-hybridized carbons (Fsp3) is 0.800. The van der Waals surface area contributed by atoms with Crippen molar-refractivity contribution in [2.24, 2.45) is 11.8 Å². The van der Waals surface area contributed by atoms with Gasteiger partial charge in [0, 0.05) is 11.8 Å². The van der Waals surface area contributed by atoms with Crippen LogP contribution in [0, 0.1) is 11.8 Å². The Bertz CT molecular complexity index is 476. The van der Waals surface area contributed by atoms with Gasteiger partial charge in [-0.25, -0.2) is 0 Å². The second kappa shape index (κ2) is 3.38. The number of rotatable bonds is 0. The Labute approximate surface area is 139 Å². The molecule has 0 aromatic carbocycles. The van der Waals surface area contributed by atoms with Crippen molar-refractivity contribution in [1.82, 2.24) is 0 Å². The molecule has 100 valence electrons. The van der Waals surface area contributed by atoms with E-state index >= 15 is 0 Å². The first kappa shape index (κ1) is 13.4. The highest BCUT2D eigenvalue weighted by molar-refractivity contribution is 6.66. The summed E-state index contributed by atoms with van der Waals surface area (Å²) < 4.78 is 4.00. The zero-order chi connectivity index (χ0) is 13.2. The molecule has 1 nitrogen and oxygen atoms in total. The lowest BCUT2D eigenvalue weighted by Crippen LogP contribution is -2.46. The fourth-order valence-corrected chi connectivity index (χ4v) is 7.49. The van der Waals surface area contributed by atoms with Gasteiger partial charge in [0.2, 0.25) is 0 Å². The molecule has 1 saturated heterocycles. The summed E-state index contributed by atoms with van der Waals surface area (Å²) in [7, 11) is 0. The summed E-state index contributed by atoms with van der Waals surface area (Å²) in [6.45, 7) is 0. The van der Waals surface area contributed by atoms with Crippen LogP contribution < -0.4 is 0 Å². The topological polar surface area (TPSA) is 12.5 Å². The number of hydrogen-bond acceptors (Lipinski definition) is 1. The summed E-state index contributed by atoms with van der Waals surface area (Å²) in [4.78, 5) is -2.48. The molecular formula is C10H5Cl7O. The van der Waals surface area contributed by atoms with E-state index in [4.69, 9.17) is 85.9 Å². The van der Waals surface area contributed by atoms with E-state index in [9.17, 15) is 0 Å². The minimum atomic E-state index is -1.50. The van der Waals surface area contributed by atoms with Gasteiger partial charge in [-0.2, -0.15) is 0 Å². The van der Waals surface area contributed by atoms with Gasteiger partial charge in [-0.15, -0.1) is 34.8 Å². The lowest BCUT2D eigenvalue weighted by molar-refractivity contribution is 0.204. The highest BCUT2D eigenvalue weighted by atomic mass is 35.5. The second-order valence-corrected chi connectivity index (χ2v) is 8.97. The van der Waals surface area contributed by atoms with Crippen LogP contribution in [-0.2, 0) is 4.74 Å². The number of halogens is 7. The third-order valence-electron chi connectivity index (χ3n) is 4.62. The van der Waals surface area contributed by atoms with Crippen molar-refractivity contribution in [2.45, 2.75) is 31.7 Å². The van der Waals surface area contributed by atoms with Gasteiger partial charge in [-0.1, -0.05) is 46.4 Å². The van der Waals surface area contributed by atoms with Crippen LogP contribution in [0.25, 0.3) is 0 Å². The quantitative estimate of drug-likeness (QED) is 0.441. The Hall–Kier alpha value is 1.73. The van der Waals surface area contributed by atoms with Crippen LogP contribution in [-0.4, -0.2) is 31.7 Å². The van der Waals surface area contributed by atoms with Gasteiger partial charge in [0.1, 0.15) is 15.9 Å². The van der Waals surface area contributed by atoms with Crippen molar-refractivity contribution in [1.29, 1.82) is 0 Å². The predicted octanol–water partition coefficient (Wildman–Crippen LogP) is 4.45. The SMILES string of the molecule is ClC1=C(Cl)[C@]2(Cl)[C@@H]3[C@H](Cl)[C@H]4O[C@H]4[C@@H]3[C@@]1(Cl)C2(Cl)Cl. The molecule has 3 aliphatic carbocycles. The molecule has 0 unspecified atom stereocenters. The molecule has 0 aromatic rings. The first-order valence-electron chi connectivity index (χ1n) is 5.32. The lowest BCUT2D eigenvalue weighted by Gasteiger charge is -2.35. The lowest BCUT2D eigenvalue weighted by atomic mass is 9.83. The highest BCUT2D eigenvalue weighted by Crippen LogP contribution is 2.81. The third kappa shape index (κ3) is 1.02. The first-order chi connectivity index (χ1) is 8.20. The van der Waals surface area contributed by atoms with Gasteiger partial charge in [-0.05, 0) is 0 Å². The average molecular weight is 389 g/mol. The Morgan fingerprint density at radius 1 is 0.833 bits per heavy atom. The van der Waals surface area contributed by atoms with Gasteiger partial charge in [0.15, 0.2) is 4.33 Å². The standard InChI is InChI=1S/C10H5Cl7O/c11-3-1-2(4-5(3)18-4)9(15)7(13)6(12)8(1,14)10(9,16)17/h1-5H/t1-,2+,3-,4-,5+,8+,9-/m0/s1. The molecule has 18 heavy (non-hydrogen) atoms. The van der Waals surface area contributed by atoms with Crippen LogP contribution in [0.4, 0.5) is 0 Å². The van der Waals surface area contributed by atoms with Gasteiger partial charge in [-0.3, -0.25) is 0 Å². The van der Waals surface area contributed by atoms with E-state index in [-0.39, 0.29) is 39.5 Å². The Kier molecular flexibility index (Phi) is 2.52. The van der Waals surface area contributed by atoms with E-state index in [1.54, 1.807) is 0 Å². The van der Waals surface area contributed by atoms with Gasteiger partial charge < -0.3 is 4.74 Å². The molecule has 8 heteroatoms. The summed E-state index contributed by atoms with van der Waals surface area (Å²) >= 11 is 45.0. The van der Waals surface area contributed by atoms with E-state index in [1.807, 2.05) is 0 Å². The number of allylic oxidation sites excluding steroid dienone is 2. The van der Waals surface area contributed by atoms with Gasteiger partial charge >= 0.3 is 0 Å². The number of fused-ring (bicyclic) bond motifs is 7. The first-order valence-corrected chi connectivity index (χ1v) is 8.02. The molecule has 3 fully saturated rings. The van der Waals surface area contributed by atoms with E-state index < -0.39 is 14.1 Å². The molecule has 0 N–H and O–H groups in total. The van der Waals surface area contributed by atoms with E-state index in [2.05, 4.69) is 0 Å². The molecule has 2 saturated carbocycles. The zero-order valence-corrected chi connectivity index (χ0v) is 13.7. The van der Waals surface area contributed by atoms with Crippen molar-refractivity contribution in [3.05, 3.63) is 10.1 Å². The number of hydrogen-bond donors (Lipinski definition) is 0. The number of epoxide rings is 1. The van der Waals surface area contributed by atoms with Crippen LogP contribution >= 0.6 is 81.2 Å². The molecule has 4 aliphatic rings. The summed E-state index contributed by atoms with van der Waals surface area (Å²) in [5.41, 5.74) is 0. The Morgan fingerprint density at radius 2 is 1.33 bits per heavy atom. The molecule has 4 rings (SSSR count). The van der Waals surface area contributed by atoms with Crippen molar-refractivity contribution >= 4 is 81.2 Å². The van der Waals surface area contributed by atoms with Crippen LogP contribution in [0.1, 0.15) is 0 Å². The van der Waals surface area contributed by atoms with Gasteiger partial charge in [0.05, 0.1) is 21.5 Å². The minimum Gasteiger partial charge on any atom is -0.368 e. The van der Waals surface area contributed by atoms with Crippen molar-refractivity contribution < 1.29 is 4.74 Å². The molecule has 0 aromatic heterocycles. The van der Waals surface area contributed by atoms with Crippen LogP contribution in [0.15, 0.2) is 10.1 Å². The summed E-state index contributed by atoms with van der Waals surface area (Å²) in [5, 5.41) is 0.111. The minimum absolute atomic E-state index is 0.0608. The molecule has 0 amide bonds. The van der Waals surface area contributed by atoms with E-state index in [0.717, 1.165) is 0 Å². The molecule has 7 atom stereocenters. The van der Waals surface area contributed by atoms with Gasteiger partial charge in [0.25, 0.3) is 0 Å². The van der Waals surface area contributed by atoms with Crippen molar-refractivity contribution in [2.75, 3.05) is 0 Å². The molecule has 1 heterocycles. The predicted molar refractivity (Wildman–Crippen MR) is 75.6 cm³/mol. The smallest absolute Gasteiger partial charge is 0.166 e. The maximum Gasteiger partial charge on any atom is 0.166 e. The Balaban J connectivity index is 2.01. The summed E-state index contributed by atoms with van der Waals surface area (Å²) in [6, 6.07) is 0. The van der Waals surface area contributed by atoms with Crippen molar-refractivity contribution in [3.8, 4) is 0 Å². The monoisotopic (exact) mass is 386 g/mol. The molecular weight excluding hydrogens is 384 g/mol. The fourth-order valence-electron chi connectivity index (χ4n) is 3.80. The van der Waals surface area contributed by atoms with Crippen LogP contribution in [0.3, 0.4) is 0 Å². The largest absolute Gasteiger partial charge is 0.368 e. The maximum atomic E-state index is 6.65. The normalized spacial score (nSPS) is 63.2. The zero-order valence-electron chi connectivity index (χ0n) is 8.44. The Morgan fingerprint density at radius 3 is 1.89 bits per heavy atom. The molecule has 0 spiro atoms. The van der Waals surface area contributed by atoms with E-state index in [0.29, 0.717) is 0 Å². The maximum absolute atomic E-state index is 6.65. The number of alkyl halides is 5. The van der Waals surface area contributed by atoms with Crippen LogP contribution in [0.5, 0.6) is 0 Å². The summed E-state index contributed by atoms with van der Waals surface area (Å²) in [6.07, 6.45) is -0.152. The molecule has 1 aliphatic heterocycles. The van der Waals surface area contributed by atoms with Crippen molar-refractivity contribution in [3.63, 3.8) is 0 Å². The highest BCUT2D eigenvalue weighted by Gasteiger charge is 2.89.